The summed E-state index contributed by atoms with van der Waals surface area (Å²) in [5.74, 6) is -0.167. The fourth-order valence-corrected chi connectivity index (χ4v) is 2.19. The topological polar surface area (TPSA) is 47.6 Å². The van der Waals surface area contributed by atoms with E-state index in [1.165, 1.54) is 11.1 Å². The van der Waals surface area contributed by atoms with E-state index in [9.17, 15) is 0 Å². The third-order valence-electron chi connectivity index (χ3n) is 3.42. The van der Waals surface area contributed by atoms with Crippen molar-refractivity contribution in [3.05, 3.63) is 47.5 Å². The van der Waals surface area contributed by atoms with Crippen molar-refractivity contribution >= 4 is 0 Å². The van der Waals surface area contributed by atoms with Crippen LogP contribution in [0.3, 0.4) is 0 Å². The second-order valence-electron chi connectivity index (χ2n) is 4.75. The van der Waals surface area contributed by atoms with E-state index < -0.39 is 0 Å². The van der Waals surface area contributed by atoms with Crippen LogP contribution in [0.1, 0.15) is 24.0 Å². The van der Waals surface area contributed by atoms with E-state index in [2.05, 4.69) is 36.4 Å². The van der Waals surface area contributed by atoms with Gasteiger partial charge < -0.3 is 0 Å². The molecule has 0 spiro atoms. The average molecular weight is 236 g/mol. The van der Waals surface area contributed by atoms with Crippen molar-refractivity contribution in [1.29, 1.82) is 10.5 Å². The maximum absolute atomic E-state index is 9.09. The lowest BCUT2D eigenvalue weighted by atomic mass is 9.93. The highest BCUT2D eigenvalue weighted by Gasteiger charge is 2.09. The molecule has 0 amide bonds. The SMILES string of the molecule is N#C[C@@H]1/C=C\[C@H](C#N)CCc2ccc(cc2)CC1. The lowest BCUT2D eigenvalue weighted by Gasteiger charge is -2.10. The van der Waals surface area contributed by atoms with Crippen LogP contribution in [0.25, 0.3) is 0 Å². The zero-order chi connectivity index (χ0) is 12.8. The Morgan fingerprint density at radius 2 is 1.17 bits per heavy atom. The molecule has 1 aromatic rings. The Morgan fingerprint density at radius 3 is 1.50 bits per heavy atom. The summed E-state index contributed by atoms with van der Waals surface area (Å²) in [6, 6.07) is 13.1. The fraction of sp³-hybridized carbons (Fsp3) is 0.375. The first-order valence-corrected chi connectivity index (χ1v) is 6.37. The van der Waals surface area contributed by atoms with Gasteiger partial charge in [-0.3, -0.25) is 0 Å². The van der Waals surface area contributed by atoms with Crippen LogP contribution in [0.5, 0.6) is 0 Å². The summed E-state index contributed by atoms with van der Waals surface area (Å²) in [5, 5.41) is 18.2. The fourth-order valence-electron chi connectivity index (χ4n) is 2.19. The minimum Gasteiger partial charge on any atom is -0.198 e. The quantitative estimate of drug-likeness (QED) is 0.648. The number of nitrogens with zero attached hydrogens (tertiary/aromatic N) is 2. The molecule has 0 aromatic heterocycles. The molecule has 0 fully saturated rings. The van der Waals surface area contributed by atoms with Crippen LogP contribution >= 0.6 is 0 Å². The number of benzene rings is 1. The average Bonchev–Trinajstić information content (AvgIpc) is 2.41. The van der Waals surface area contributed by atoms with Crippen LogP contribution in [0.4, 0.5) is 0 Å². The smallest absolute Gasteiger partial charge is 0.0697 e. The predicted octanol–water partition coefficient (Wildman–Crippen LogP) is 3.40. The normalized spacial score (nSPS) is 25.2. The maximum Gasteiger partial charge on any atom is 0.0697 e. The third kappa shape index (κ3) is 3.22. The molecule has 1 aromatic carbocycles. The highest BCUT2D eigenvalue weighted by Crippen LogP contribution is 2.18. The van der Waals surface area contributed by atoms with Crippen molar-refractivity contribution < 1.29 is 0 Å². The summed E-state index contributed by atoms with van der Waals surface area (Å²) in [4.78, 5) is 0. The van der Waals surface area contributed by atoms with Gasteiger partial charge in [-0.2, -0.15) is 10.5 Å². The molecular formula is C16H16N2. The third-order valence-corrected chi connectivity index (χ3v) is 3.42. The number of aryl methyl sites for hydroxylation is 2. The summed E-state index contributed by atoms with van der Waals surface area (Å²) >= 11 is 0. The van der Waals surface area contributed by atoms with Gasteiger partial charge in [-0.25, -0.2) is 0 Å². The number of allylic oxidation sites excluding steroid dienone is 2. The van der Waals surface area contributed by atoms with Crippen molar-refractivity contribution in [3.63, 3.8) is 0 Å². The summed E-state index contributed by atoms with van der Waals surface area (Å²) in [6.07, 6.45) is 7.29. The van der Waals surface area contributed by atoms with Gasteiger partial charge in [0.2, 0.25) is 0 Å². The zero-order valence-corrected chi connectivity index (χ0v) is 10.3. The molecule has 2 bridgehead atoms. The molecule has 0 radical (unpaired) electrons. The van der Waals surface area contributed by atoms with E-state index in [0.717, 1.165) is 25.7 Å². The maximum atomic E-state index is 9.09. The number of fused-ring (bicyclic) bond motifs is 8. The van der Waals surface area contributed by atoms with Crippen molar-refractivity contribution in [2.45, 2.75) is 25.7 Å². The molecule has 2 atom stereocenters. The number of hydrogen-bond donors (Lipinski definition) is 0. The molecule has 0 N–H and O–H groups in total. The highest BCUT2D eigenvalue weighted by molar-refractivity contribution is 5.24. The highest BCUT2D eigenvalue weighted by atomic mass is 14.3. The zero-order valence-electron chi connectivity index (χ0n) is 10.3. The van der Waals surface area contributed by atoms with E-state index in [-0.39, 0.29) is 11.8 Å². The van der Waals surface area contributed by atoms with Gasteiger partial charge in [0.15, 0.2) is 0 Å². The lowest BCUT2D eigenvalue weighted by molar-refractivity contribution is 0.683. The summed E-state index contributed by atoms with van der Waals surface area (Å²) in [7, 11) is 0. The molecule has 0 saturated heterocycles. The van der Waals surface area contributed by atoms with Crippen LogP contribution in [-0.4, -0.2) is 0 Å². The van der Waals surface area contributed by atoms with Gasteiger partial charge in [0.25, 0.3) is 0 Å². The van der Waals surface area contributed by atoms with E-state index in [4.69, 9.17) is 10.5 Å². The van der Waals surface area contributed by atoms with Gasteiger partial charge in [0.05, 0.1) is 24.0 Å². The van der Waals surface area contributed by atoms with Gasteiger partial charge in [-0.05, 0) is 36.8 Å². The van der Waals surface area contributed by atoms with Gasteiger partial charge >= 0.3 is 0 Å². The van der Waals surface area contributed by atoms with Crippen LogP contribution in [0.15, 0.2) is 36.4 Å². The van der Waals surface area contributed by atoms with Gasteiger partial charge in [0.1, 0.15) is 0 Å². The molecule has 2 heteroatoms. The monoisotopic (exact) mass is 236 g/mol. The molecule has 3 rings (SSSR count). The second-order valence-corrected chi connectivity index (χ2v) is 4.75. The summed E-state index contributed by atoms with van der Waals surface area (Å²) < 4.78 is 0. The Bertz CT molecular complexity index is 452. The van der Waals surface area contributed by atoms with E-state index >= 15 is 0 Å². The van der Waals surface area contributed by atoms with Crippen LogP contribution in [0.2, 0.25) is 0 Å². The first-order valence-electron chi connectivity index (χ1n) is 6.37. The van der Waals surface area contributed by atoms with Crippen molar-refractivity contribution in [2.24, 2.45) is 11.8 Å². The molecule has 0 unspecified atom stereocenters. The Balaban J connectivity index is 2.23. The lowest BCUT2D eigenvalue weighted by Crippen LogP contribution is -2.02. The van der Waals surface area contributed by atoms with Crippen molar-refractivity contribution in [1.82, 2.24) is 0 Å². The van der Waals surface area contributed by atoms with Gasteiger partial charge in [-0.1, -0.05) is 36.4 Å². The first-order chi connectivity index (χ1) is 8.81. The molecule has 2 aliphatic carbocycles. The van der Waals surface area contributed by atoms with Gasteiger partial charge in [0, 0.05) is 0 Å². The van der Waals surface area contributed by atoms with E-state index in [1.54, 1.807) is 0 Å². The van der Waals surface area contributed by atoms with Crippen molar-refractivity contribution in [2.75, 3.05) is 0 Å². The Kier molecular flexibility index (Phi) is 4.15. The van der Waals surface area contributed by atoms with E-state index in [1.807, 2.05) is 12.2 Å². The largest absolute Gasteiger partial charge is 0.198 e. The van der Waals surface area contributed by atoms with Crippen LogP contribution in [0, 0.1) is 34.5 Å². The van der Waals surface area contributed by atoms with Crippen LogP contribution < -0.4 is 0 Å². The molecule has 0 aliphatic heterocycles. The van der Waals surface area contributed by atoms with Crippen LogP contribution in [-0.2, 0) is 12.8 Å². The molecule has 2 nitrogen and oxygen atoms in total. The molecule has 0 heterocycles. The summed E-state index contributed by atoms with van der Waals surface area (Å²) in [5.41, 5.74) is 2.56. The number of rotatable bonds is 0. The summed E-state index contributed by atoms with van der Waals surface area (Å²) in [6.45, 7) is 0. The minimum atomic E-state index is -0.0834. The van der Waals surface area contributed by atoms with Gasteiger partial charge in [-0.15, -0.1) is 0 Å². The molecule has 90 valence electrons. The van der Waals surface area contributed by atoms with Crippen molar-refractivity contribution in [3.8, 4) is 12.1 Å². The first kappa shape index (κ1) is 12.4. The molecular weight excluding hydrogens is 220 g/mol. The Labute approximate surface area is 108 Å². The van der Waals surface area contributed by atoms with E-state index in [0.29, 0.717) is 0 Å². The molecule has 18 heavy (non-hydrogen) atoms. The Hall–Kier alpha value is -2.06. The predicted molar refractivity (Wildman–Crippen MR) is 70.4 cm³/mol. The molecule has 0 saturated carbocycles. The number of nitriles is 2. The minimum absolute atomic E-state index is 0.0834. The standard InChI is InChI=1S/C16H16N2/c17-11-15-7-5-13-1-2-14(4-3-13)6-8-16(12-18)10-9-15/h1-4,9-10,15-16H,5-8H2/b10-9-/t15-,16+. The second kappa shape index (κ2) is 6.03. The Morgan fingerprint density at radius 1 is 0.778 bits per heavy atom. The molecule has 2 aliphatic rings. The number of hydrogen-bond acceptors (Lipinski definition) is 2.